The summed E-state index contributed by atoms with van der Waals surface area (Å²) in [5.41, 5.74) is 4.15. The van der Waals surface area contributed by atoms with Crippen molar-refractivity contribution in [3.63, 3.8) is 0 Å². The van der Waals surface area contributed by atoms with Gasteiger partial charge in [0.1, 0.15) is 5.82 Å². The highest BCUT2D eigenvalue weighted by molar-refractivity contribution is 5.93. The molecule has 0 aliphatic carbocycles. The molecule has 1 aliphatic rings. The van der Waals surface area contributed by atoms with Gasteiger partial charge in [0.2, 0.25) is 5.91 Å². The average molecular weight is 450 g/mol. The minimum absolute atomic E-state index is 0.0610. The predicted octanol–water partition coefficient (Wildman–Crippen LogP) is 3.11. The molecule has 172 valence electrons. The molecule has 33 heavy (non-hydrogen) atoms. The number of amides is 2. The molecule has 8 heteroatoms. The highest BCUT2D eigenvalue weighted by Gasteiger charge is 2.30. The molecule has 1 aromatic heterocycles. The molecule has 2 aromatic carbocycles. The third-order valence-electron chi connectivity index (χ3n) is 6.09. The SMILES string of the molecule is CCc1ccc(CN2CC(CNC(=O)c3nnn(Cc4ccc(F)cc4)c3C)CC2=O)cc1. The second-order valence-electron chi connectivity index (χ2n) is 8.53. The van der Waals surface area contributed by atoms with Crippen molar-refractivity contribution in [3.8, 4) is 0 Å². The lowest BCUT2D eigenvalue weighted by atomic mass is 10.1. The van der Waals surface area contributed by atoms with Crippen LogP contribution in [0, 0.1) is 18.7 Å². The summed E-state index contributed by atoms with van der Waals surface area (Å²) in [6.45, 7) is 5.90. The Hall–Kier alpha value is -3.55. The first-order valence-electron chi connectivity index (χ1n) is 11.2. The topological polar surface area (TPSA) is 80.1 Å². The zero-order chi connectivity index (χ0) is 23.4. The van der Waals surface area contributed by atoms with Crippen molar-refractivity contribution >= 4 is 11.8 Å². The second kappa shape index (κ2) is 9.94. The number of likely N-dealkylation sites (tertiary alicyclic amines) is 1. The van der Waals surface area contributed by atoms with Crippen LogP contribution < -0.4 is 5.32 Å². The van der Waals surface area contributed by atoms with E-state index in [1.807, 2.05) is 4.90 Å². The van der Waals surface area contributed by atoms with Crippen molar-refractivity contribution in [2.24, 2.45) is 5.92 Å². The van der Waals surface area contributed by atoms with Crippen molar-refractivity contribution < 1.29 is 14.0 Å². The Morgan fingerprint density at radius 3 is 2.39 bits per heavy atom. The summed E-state index contributed by atoms with van der Waals surface area (Å²) in [5, 5.41) is 11.0. The molecule has 7 nitrogen and oxygen atoms in total. The third-order valence-corrected chi connectivity index (χ3v) is 6.09. The summed E-state index contributed by atoms with van der Waals surface area (Å²) in [7, 11) is 0. The fourth-order valence-corrected chi connectivity index (χ4v) is 4.05. The standard InChI is InChI=1S/C25H28FN5O2/c1-3-18-4-6-19(7-5-18)14-30-15-21(12-23(30)32)13-27-25(33)24-17(2)31(29-28-24)16-20-8-10-22(26)11-9-20/h4-11,21H,3,12-16H2,1-2H3,(H,27,33). The van der Waals surface area contributed by atoms with Crippen LogP contribution in [-0.4, -0.2) is 44.8 Å². The van der Waals surface area contributed by atoms with Crippen LogP contribution in [0.1, 0.15) is 46.2 Å². The largest absolute Gasteiger partial charge is 0.350 e. The number of carbonyl (C=O) groups is 2. The normalized spacial score (nSPS) is 15.8. The Labute approximate surface area is 192 Å². The van der Waals surface area contributed by atoms with E-state index in [9.17, 15) is 14.0 Å². The van der Waals surface area contributed by atoms with Gasteiger partial charge in [0.25, 0.3) is 5.91 Å². The zero-order valence-corrected chi connectivity index (χ0v) is 18.9. The highest BCUT2D eigenvalue weighted by Crippen LogP contribution is 2.20. The van der Waals surface area contributed by atoms with Crippen molar-refractivity contribution in [2.75, 3.05) is 13.1 Å². The van der Waals surface area contributed by atoms with E-state index in [4.69, 9.17) is 0 Å². The maximum absolute atomic E-state index is 13.1. The molecular formula is C25H28FN5O2. The number of halogens is 1. The predicted molar refractivity (Wildman–Crippen MR) is 122 cm³/mol. The van der Waals surface area contributed by atoms with Crippen LogP contribution in [0.5, 0.6) is 0 Å². The van der Waals surface area contributed by atoms with Crippen molar-refractivity contribution in [1.82, 2.24) is 25.2 Å². The Balaban J connectivity index is 1.30. The monoisotopic (exact) mass is 449 g/mol. The number of nitrogens with one attached hydrogen (secondary N) is 1. The molecule has 1 fully saturated rings. The molecule has 0 bridgehead atoms. The van der Waals surface area contributed by atoms with Gasteiger partial charge in [0.05, 0.1) is 12.2 Å². The molecule has 4 rings (SSSR count). The number of rotatable bonds is 8. The van der Waals surface area contributed by atoms with Gasteiger partial charge in [-0.25, -0.2) is 9.07 Å². The third kappa shape index (κ3) is 5.45. The van der Waals surface area contributed by atoms with E-state index < -0.39 is 0 Å². The highest BCUT2D eigenvalue weighted by atomic mass is 19.1. The van der Waals surface area contributed by atoms with Gasteiger partial charge in [-0.1, -0.05) is 48.5 Å². The Morgan fingerprint density at radius 1 is 1.06 bits per heavy atom. The molecule has 2 heterocycles. The molecular weight excluding hydrogens is 421 g/mol. The number of hydrogen-bond acceptors (Lipinski definition) is 4. The Kier molecular flexibility index (Phi) is 6.82. The number of hydrogen-bond donors (Lipinski definition) is 1. The van der Waals surface area contributed by atoms with Gasteiger partial charge in [-0.2, -0.15) is 0 Å². The molecule has 1 unspecified atom stereocenters. The first-order chi connectivity index (χ1) is 15.9. The molecule has 0 spiro atoms. The van der Waals surface area contributed by atoms with E-state index in [2.05, 4.69) is 46.8 Å². The molecule has 1 saturated heterocycles. The zero-order valence-electron chi connectivity index (χ0n) is 18.9. The van der Waals surface area contributed by atoms with Gasteiger partial charge in [-0.15, -0.1) is 5.10 Å². The molecule has 0 saturated carbocycles. The molecule has 1 atom stereocenters. The maximum atomic E-state index is 13.1. The molecule has 2 amide bonds. The van der Waals surface area contributed by atoms with Gasteiger partial charge < -0.3 is 10.2 Å². The van der Waals surface area contributed by atoms with Crippen molar-refractivity contribution in [2.45, 2.75) is 39.8 Å². The van der Waals surface area contributed by atoms with Crippen LogP contribution in [-0.2, 0) is 24.3 Å². The van der Waals surface area contributed by atoms with Crippen LogP contribution in [0.4, 0.5) is 4.39 Å². The van der Waals surface area contributed by atoms with E-state index in [0.717, 1.165) is 17.5 Å². The fourth-order valence-electron chi connectivity index (χ4n) is 4.05. The summed E-state index contributed by atoms with van der Waals surface area (Å²) in [4.78, 5) is 27.0. The van der Waals surface area contributed by atoms with Crippen LogP contribution in [0.25, 0.3) is 0 Å². The Bertz CT molecular complexity index is 1120. The van der Waals surface area contributed by atoms with E-state index >= 15 is 0 Å². The van der Waals surface area contributed by atoms with Crippen molar-refractivity contribution in [1.29, 1.82) is 0 Å². The summed E-state index contributed by atoms with van der Waals surface area (Å²) in [6.07, 6.45) is 1.41. The van der Waals surface area contributed by atoms with E-state index in [1.165, 1.54) is 17.7 Å². The quantitative estimate of drug-likeness (QED) is 0.573. The lowest BCUT2D eigenvalue weighted by Gasteiger charge is -2.17. The smallest absolute Gasteiger partial charge is 0.273 e. The molecule has 1 aliphatic heterocycles. The summed E-state index contributed by atoms with van der Waals surface area (Å²) in [5.74, 6) is -0.437. The van der Waals surface area contributed by atoms with Gasteiger partial charge in [-0.3, -0.25) is 9.59 Å². The number of aromatic nitrogens is 3. The van der Waals surface area contributed by atoms with Crippen molar-refractivity contribution in [3.05, 3.63) is 82.4 Å². The van der Waals surface area contributed by atoms with Crippen LogP contribution in [0.3, 0.4) is 0 Å². The molecule has 1 N–H and O–H groups in total. The first kappa shape index (κ1) is 22.6. The number of carbonyl (C=O) groups excluding carboxylic acids is 2. The fraction of sp³-hybridized carbons (Fsp3) is 0.360. The first-order valence-corrected chi connectivity index (χ1v) is 11.2. The lowest BCUT2D eigenvalue weighted by Crippen LogP contribution is -2.31. The summed E-state index contributed by atoms with van der Waals surface area (Å²) < 4.78 is 14.7. The number of aryl methyl sites for hydroxylation is 1. The number of benzene rings is 2. The lowest BCUT2D eigenvalue weighted by molar-refractivity contribution is -0.128. The molecule has 3 aromatic rings. The molecule has 0 radical (unpaired) electrons. The Morgan fingerprint density at radius 2 is 1.70 bits per heavy atom. The maximum Gasteiger partial charge on any atom is 0.273 e. The van der Waals surface area contributed by atoms with E-state index in [1.54, 1.807) is 23.7 Å². The minimum Gasteiger partial charge on any atom is -0.350 e. The number of nitrogens with zero attached hydrogens (tertiary/aromatic N) is 4. The summed E-state index contributed by atoms with van der Waals surface area (Å²) >= 11 is 0. The van der Waals surface area contributed by atoms with Crippen LogP contribution in [0.15, 0.2) is 48.5 Å². The second-order valence-corrected chi connectivity index (χ2v) is 8.53. The average Bonchev–Trinajstić information content (AvgIpc) is 3.36. The van der Waals surface area contributed by atoms with Gasteiger partial charge in [0.15, 0.2) is 5.69 Å². The van der Waals surface area contributed by atoms with Gasteiger partial charge in [0, 0.05) is 32.0 Å². The van der Waals surface area contributed by atoms with Crippen LogP contribution in [0.2, 0.25) is 0 Å². The summed E-state index contributed by atoms with van der Waals surface area (Å²) in [6, 6.07) is 14.5. The minimum atomic E-state index is -0.307. The van der Waals surface area contributed by atoms with Gasteiger partial charge in [-0.05, 0) is 42.2 Å². The van der Waals surface area contributed by atoms with E-state index in [0.29, 0.717) is 38.3 Å². The van der Waals surface area contributed by atoms with Crippen LogP contribution >= 0.6 is 0 Å². The van der Waals surface area contributed by atoms with E-state index in [-0.39, 0.29) is 29.2 Å². The van der Waals surface area contributed by atoms with Gasteiger partial charge >= 0.3 is 0 Å².